The predicted octanol–water partition coefficient (Wildman–Crippen LogP) is 3.62. The largest absolute Gasteiger partial charge is 0.494 e. The normalized spacial score (nSPS) is 20.4. The first-order chi connectivity index (χ1) is 11.3. The van der Waals surface area contributed by atoms with Gasteiger partial charge in [-0.25, -0.2) is 4.79 Å². The van der Waals surface area contributed by atoms with Crippen molar-refractivity contribution in [2.45, 2.75) is 44.8 Å². The zero-order chi connectivity index (χ0) is 16.1. The fourth-order valence-electron chi connectivity index (χ4n) is 2.96. The summed E-state index contributed by atoms with van der Waals surface area (Å²) in [6.07, 6.45) is 7.40. The predicted molar refractivity (Wildman–Crippen MR) is 86.5 cm³/mol. The first-order valence-corrected chi connectivity index (χ1v) is 8.21. The number of nitrogens with zero attached hydrogens (tertiary/aromatic N) is 2. The second-order valence-electron chi connectivity index (χ2n) is 5.80. The van der Waals surface area contributed by atoms with Crippen LogP contribution >= 0.6 is 0 Å². The Morgan fingerprint density at radius 3 is 3.04 bits per heavy atom. The van der Waals surface area contributed by atoms with E-state index in [1.807, 2.05) is 36.0 Å². The Morgan fingerprint density at radius 2 is 2.26 bits per heavy atom. The van der Waals surface area contributed by atoms with Gasteiger partial charge in [-0.15, -0.1) is 0 Å². The van der Waals surface area contributed by atoms with Crippen molar-refractivity contribution in [3.8, 4) is 5.75 Å². The van der Waals surface area contributed by atoms with Gasteiger partial charge in [0.2, 0.25) is 0 Å². The molecule has 1 heterocycles. The molecule has 0 saturated heterocycles. The molecule has 5 heteroatoms. The number of aromatic nitrogens is 2. The number of benzene rings is 1. The maximum Gasteiger partial charge on any atom is 0.338 e. The van der Waals surface area contributed by atoms with Gasteiger partial charge in [0.1, 0.15) is 11.9 Å². The third kappa shape index (κ3) is 3.73. The SMILES string of the molecule is CCCOc1cccc(C(=O)O[C@@H]2CCC[C@H]2n2cccn2)c1. The molecule has 0 aliphatic heterocycles. The van der Waals surface area contributed by atoms with Crippen LogP contribution in [0.4, 0.5) is 0 Å². The molecule has 23 heavy (non-hydrogen) atoms. The lowest BCUT2D eigenvalue weighted by Gasteiger charge is -2.20. The van der Waals surface area contributed by atoms with Gasteiger partial charge in [0, 0.05) is 12.4 Å². The second kappa shape index (κ2) is 7.31. The van der Waals surface area contributed by atoms with Gasteiger partial charge in [-0.2, -0.15) is 5.10 Å². The lowest BCUT2D eigenvalue weighted by molar-refractivity contribution is 0.0209. The molecule has 1 aliphatic carbocycles. The quantitative estimate of drug-likeness (QED) is 0.764. The topological polar surface area (TPSA) is 53.4 Å². The molecule has 1 aromatic heterocycles. The maximum absolute atomic E-state index is 12.4. The third-order valence-corrected chi connectivity index (χ3v) is 4.08. The molecule has 2 atom stereocenters. The molecule has 0 unspecified atom stereocenters. The molecule has 3 rings (SSSR count). The van der Waals surface area contributed by atoms with E-state index in [1.165, 1.54) is 0 Å². The fourth-order valence-corrected chi connectivity index (χ4v) is 2.96. The Bertz CT molecular complexity index is 639. The average molecular weight is 314 g/mol. The van der Waals surface area contributed by atoms with Crippen molar-refractivity contribution in [2.24, 2.45) is 0 Å². The molecule has 0 spiro atoms. The van der Waals surface area contributed by atoms with E-state index in [9.17, 15) is 4.79 Å². The highest BCUT2D eigenvalue weighted by Gasteiger charge is 2.32. The molecular weight excluding hydrogens is 292 g/mol. The first kappa shape index (κ1) is 15.6. The standard InChI is InChI=1S/C18H22N2O3/c1-2-12-22-15-7-3-6-14(13-15)18(21)23-17-9-4-8-16(17)20-11-5-10-19-20/h3,5-7,10-11,13,16-17H,2,4,8-9,12H2,1H3/t16-,17-/m1/s1. The van der Waals surface area contributed by atoms with E-state index < -0.39 is 0 Å². The summed E-state index contributed by atoms with van der Waals surface area (Å²) in [6, 6.07) is 9.21. The molecular formula is C18H22N2O3. The summed E-state index contributed by atoms with van der Waals surface area (Å²) in [5.74, 6) is 0.410. The van der Waals surface area contributed by atoms with Crippen molar-refractivity contribution in [1.29, 1.82) is 0 Å². The number of rotatable bonds is 6. The van der Waals surface area contributed by atoms with E-state index in [0.717, 1.165) is 25.7 Å². The molecule has 1 aliphatic rings. The number of hydrogen-bond donors (Lipinski definition) is 0. The van der Waals surface area contributed by atoms with Crippen LogP contribution in [0, 0.1) is 0 Å². The Labute approximate surface area is 136 Å². The first-order valence-electron chi connectivity index (χ1n) is 8.21. The van der Waals surface area contributed by atoms with Gasteiger partial charge in [-0.1, -0.05) is 13.0 Å². The molecule has 122 valence electrons. The Hall–Kier alpha value is -2.30. The van der Waals surface area contributed by atoms with E-state index in [0.29, 0.717) is 17.9 Å². The van der Waals surface area contributed by atoms with Crippen molar-refractivity contribution < 1.29 is 14.3 Å². The van der Waals surface area contributed by atoms with Crippen molar-refractivity contribution >= 4 is 5.97 Å². The van der Waals surface area contributed by atoms with Crippen molar-refractivity contribution in [3.63, 3.8) is 0 Å². The van der Waals surface area contributed by atoms with Crippen molar-refractivity contribution in [2.75, 3.05) is 6.61 Å². The molecule has 1 aromatic carbocycles. The fraction of sp³-hybridized carbons (Fsp3) is 0.444. The third-order valence-electron chi connectivity index (χ3n) is 4.08. The molecule has 1 fully saturated rings. The Morgan fingerprint density at radius 1 is 1.35 bits per heavy atom. The smallest absolute Gasteiger partial charge is 0.338 e. The summed E-state index contributed by atoms with van der Waals surface area (Å²) in [5, 5.41) is 4.28. The second-order valence-corrected chi connectivity index (χ2v) is 5.80. The summed E-state index contributed by atoms with van der Waals surface area (Å²) in [5.41, 5.74) is 0.532. The van der Waals surface area contributed by atoms with Crippen LogP contribution < -0.4 is 4.74 Å². The molecule has 0 radical (unpaired) electrons. The van der Waals surface area contributed by atoms with Gasteiger partial charge < -0.3 is 9.47 Å². The van der Waals surface area contributed by atoms with E-state index in [4.69, 9.17) is 9.47 Å². The van der Waals surface area contributed by atoms with Crippen LogP contribution in [0.2, 0.25) is 0 Å². The molecule has 0 N–H and O–H groups in total. The molecule has 0 amide bonds. The van der Waals surface area contributed by atoms with Crippen molar-refractivity contribution in [3.05, 3.63) is 48.3 Å². The highest BCUT2D eigenvalue weighted by atomic mass is 16.5. The average Bonchev–Trinajstić information content (AvgIpc) is 3.24. The molecule has 1 saturated carbocycles. The zero-order valence-electron chi connectivity index (χ0n) is 13.4. The van der Waals surface area contributed by atoms with Crippen molar-refractivity contribution in [1.82, 2.24) is 9.78 Å². The summed E-state index contributed by atoms with van der Waals surface area (Å²) < 4.78 is 13.2. The lowest BCUT2D eigenvalue weighted by Crippen LogP contribution is -2.25. The van der Waals surface area contributed by atoms with Gasteiger partial charge in [-0.3, -0.25) is 4.68 Å². The van der Waals surface area contributed by atoms with E-state index >= 15 is 0 Å². The number of hydrogen-bond acceptors (Lipinski definition) is 4. The van der Waals surface area contributed by atoms with E-state index in [2.05, 4.69) is 5.10 Å². The van der Waals surface area contributed by atoms with E-state index in [-0.39, 0.29) is 18.1 Å². The minimum absolute atomic E-state index is 0.123. The van der Waals surface area contributed by atoms with Crippen LogP contribution in [0.3, 0.4) is 0 Å². The lowest BCUT2D eigenvalue weighted by atomic mass is 10.2. The van der Waals surface area contributed by atoms with Gasteiger partial charge in [0.05, 0.1) is 18.2 Å². The summed E-state index contributed by atoms with van der Waals surface area (Å²) in [6.45, 7) is 2.69. The van der Waals surface area contributed by atoms with Crippen LogP contribution in [0.25, 0.3) is 0 Å². The highest BCUT2D eigenvalue weighted by Crippen LogP contribution is 2.32. The summed E-state index contributed by atoms with van der Waals surface area (Å²) >= 11 is 0. The number of esters is 1. The molecule has 0 bridgehead atoms. The van der Waals surface area contributed by atoms with Crippen LogP contribution in [0.15, 0.2) is 42.7 Å². The van der Waals surface area contributed by atoms with Gasteiger partial charge in [-0.05, 0) is 49.9 Å². The minimum atomic E-state index is -0.295. The minimum Gasteiger partial charge on any atom is -0.494 e. The number of ether oxygens (including phenoxy) is 2. The van der Waals surface area contributed by atoms with E-state index in [1.54, 1.807) is 18.3 Å². The zero-order valence-corrected chi connectivity index (χ0v) is 13.4. The van der Waals surface area contributed by atoms with Gasteiger partial charge >= 0.3 is 5.97 Å². The Balaban J connectivity index is 1.66. The maximum atomic E-state index is 12.4. The van der Waals surface area contributed by atoms with Gasteiger partial charge in [0.15, 0.2) is 0 Å². The number of carbonyl (C=O) groups excluding carboxylic acids is 1. The monoisotopic (exact) mass is 314 g/mol. The molecule has 5 nitrogen and oxygen atoms in total. The summed E-state index contributed by atoms with van der Waals surface area (Å²) in [7, 11) is 0. The highest BCUT2D eigenvalue weighted by molar-refractivity contribution is 5.90. The van der Waals surface area contributed by atoms with Crippen LogP contribution in [0.5, 0.6) is 5.75 Å². The number of carbonyl (C=O) groups is 1. The Kier molecular flexibility index (Phi) is 4.95. The van der Waals surface area contributed by atoms with Crippen LogP contribution in [-0.2, 0) is 4.74 Å². The van der Waals surface area contributed by atoms with Crippen LogP contribution in [0.1, 0.15) is 49.0 Å². The van der Waals surface area contributed by atoms with Gasteiger partial charge in [0.25, 0.3) is 0 Å². The van der Waals surface area contributed by atoms with Crippen LogP contribution in [-0.4, -0.2) is 28.5 Å². The summed E-state index contributed by atoms with van der Waals surface area (Å²) in [4.78, 5) is 12.4. The molecule has 2 aromatic rings.